The van der Waals surface area contributed by atoms with Crippen LogP contribution in [0.4, 0.5) is 8.78 Å². The molecule has 0 saturated heterocycles. The number of aliphatic imine (C=N–C) groups is 1. The van der Waals surface area contributed by atoms with Crippen LogP contribution in [-0.2, 0) is 6.54 Å². The highest BCUT2D eigenvalue weighted by Gasteiger charge is 2.14. The Morgan fingerprint density at radius 1 is 1.20 bits per heavy atom. The van der Waals surface area contributed by atoms with Crippen LogP contribution in [0.25, 0.3) is 0 Å². The van der Waals surface area contributed by atoms with Gasteiger partial charge in [-0.1, -0.05) is 25.3 Å². The van der Waals surface area contributed by atoms with Gasteiger partial charge in [0.05, 0.1) is 6.54 Å². The summed E-state index contributed by atoms with van der Waals surface area (Å²) in [4.78, 5) is 4.26. The van der Waals surface area contributed by atoms with Gasteiger partial charge in [0, 0.05) is 6.04 Å². The molecular formula is C14H20F2N4. The normalized spacial score (nSPS) is 17.1. The van der Waals surface area contributed by atoms with Crippen LogP contribution in [0.1, 0.15) is 37.7 Å². The third kappa shape index (κ3) is 4.16. The van der Waals surface area contributed by atoms with Gasteiger partial charge in [0.25, 0.3) is 0 Å². The molecule has 0 bridgehead atoms. The van der Waals surface area contributed by atoms with Crippen LogP contribution in [0, 0.1) is 11.6 Å². The molecule has 1 saturated carbocycles. The van der Waals surface area contributed by atoms with E-state index < -0.39 is 11.6 Å². The molecule has 1 fully saturated rings. The fourth-order valence-corrected chi connectivity index (χ4v) is 2.38. The molecule has 0 spiro atoms. The number of rotatable bonds is 3. The van der Waals surface area contributed by atoms with E-state index in [0.29, 0.717) is 17.6 Å². The number of hydrogen-bond donors (Lipinski definition) is 3. The number of benzene rings is 1. The van der Waals surface area contributed by atoms with Gasteiger partial charge < -0.3 is 5.32 Å². The van der Waals surface area contributed by atoms with E-state index in [-0.39, 0.29) is 6.54 Å². The Bertz CT molecular complexity index is 470. The number of nitrogens with two attached hydrogens (primary N) is 1. The molecular weight excluding hydrogens is 262 g/mol. The van der Waals surface area contributed by atoms with Crippen LogP contribution in [0.3, 0.4) is 0 Å². The van der Waals surface area contributed by atoms with Gasteiger partial charge in [0.1, 0.15) is 0 Å². The highest BCUT2D eigenvalue weighted by Crippen LogP contribution is 2.17. The summed E-state index contributed by atoms with van der Waals surface area (Å²) >= 11 is 0. The molecule has 0 aromatic heterocycles. The largest absolute Gasteiger partial charge is 0.353 e. The first kappa shape index (κ1) is 14.7. The van der Waals surface area contributed by atoms with Gasteiger partial charge in [-0.15, -0.1) is 0 Å². The van der Waals surface area contributed by atoms with Gasteiger partial charge in [0.15, 0.2) is 11.6 Å². The first-order valence-electron chi connectivity index (χ1n) is 6.90. The third-order valence-corrected chi connectivity index (χ3v) is 3.49. The molecule has 0 unspecified atom stereocenters. The summed E-state index contributed by atoms with van der Waals surface area (Å²) in [7, 11) is 0. The second-order valence-corrected chi connectivity index (χ2v) is 5.04. The Labute approximate surface area is 117 Å². The summed E-state index contributed by atoms with van der Waals surface area (Å²) in [6.07, 6.45) is 5.89. The maximum atomic E-state index is 13.1. The average molecular weight is 282 g/mol. The van der Waals surface area contributed by atoms with Gasteiger partial charge in [-0.25, -0.2) is 19.6 Å². The number of nitrogens with zero attached hydrogens (tertiary/aromatic N) is 1. The van der Waals surface area contributed by atoms with Crippen molar-refractivity contribution in [2.45, 2.75) is 44.7 Å². The van der Waals surface area contributed by atoms with Crippen LogP contribution in [0.2, 0.25) is 0 Å². The Morgan fingerprint density at radius 2 is 1.95 bits per heavy atom. The first-order valence-corrected chi connectivity index (χ1v) is 6.90. The summed E-state index contributed by atoms with van der Waals surface area (Å²) in [5.74, 6) is 4.21. The van der Waals surface area contributed by atoms with Crippen LogP contribution in [-0.4, -0.2) is 12.0 Å². The maximum absolute atomic E-state index is 13.1. The number of hydrazine groups is 1. The minimum Gasteiger partial charge on any atom is -0.353 e. The van der Waals surface area contributed by atoms with E-state index in [1.165, 1.54) is 25.3 Å². The van der Waals surface area contributed by atoms with Gasteiger partial charge in [-0.05, 0) is 30.5 Å². The molecule has 110 valence electrons. The zero-order chi connectivity index (χ0) is 14.4. The van der Waals surface area contributed by atoms with Crippen molar-refractivity contribution in [3.63, 3.8) is 0 Å². The number of hydrogen-bond acceptors (Lipinski definition) is 2. The molecule has 0 atom stereocenters. The SMILES string of the molecule is NNC(=NCc1ccc(F)c(F)c1)NC1CCCCC1. The highest BCUT2D eigenvalue weighted by molar-refractivity contribution is 5.79. The predicted octanol–water partition coefficient (Wildman–Crippen LogP) is 2.21. The molecule has 0 amide bonds. The standard InChI is InChI=1S/C14H20F2N4/c15-12-7-6-10(8-13(12)16)9-18-14(20-17)19-11-4-2-1-3-5-11/h6-8,11H,1-5,9,17H2,(H2,18,19,20). The lowest BCUT2D eigenvalue weighted by atomic mass is 9.96. The van der Waals surface area contributed by atoms with E-state index in [4.69, 9.17) is 5.84 Å². The van der Waals surface area contributed by atoms with Crippen LogP contribution in [0.5, 0.6) is 0 Å². The van der Waals surface area contributed by atoms with Crippen molar-refractivity contribution in [1.29, 1.82) is 0 Å². The monoisotopic (exact) mass is 282 g/mol. The number of nitrogens with one attached hydrogen (secondary N) is 2. The number of halogens is 2. The Hall–Kier alpha value is -1.69. The first-order chi connectivity index (χ1) is 9.69. The van der Waals surface area contributed by atoms with E-state index >= 15 is 0 Å². The molecule has 1 aromatic rings. The summed E-state index contributed by atoms with van der Waals surface area (Å²) in [5.41, 5.74) is 3.12. The van der Waals surface area contributed by atoms with Gasteiger partial charge in [0.2, 0.25) is 5.96 Å². The smallest absolute Gasteiger partial charge is 0.206 e. The van der Waals surface area contributed by atoms with Crippen LogP contribution < -0.4 is 16.6 Å². The molecule has 0 aliphatic heterocycles. The van der Waals surface area contributed by atoms with Crippen molar-refractivity contribution in [1.82, 2.24) is 10.7 Å². The van der Waals surface area contributed by atoms with E-state index in [1.807, 2.05) is 0 Å². The maximum Gasteiger partial charge on any atom is 0.206 e. The Kier molecular flexibility index (Phi) is 5.29. The average Bonchev–Trinajstić information content (AvgIpc) is 2.48. The van der Waals surface area contributed by atoms with Crippen molar-refractivity contribution < 1.29 is 8.78 Å². The van der Waals surface area contributed by atoms with E-state index in [0.717, 1.165) is 25.0 Å². The van der Waals surface area contributed by atoms with Crippen LogP contribution >= 0.6 is 0 Å². The summed E-state index contributed by atoms with van der Waals surface area (Å²) in [6.45, 7) is 0.246. The minimum atomic E-state index is -0.861. The molecule has 1 aliphatic rings. The van der Waals surface area contributed by atoms with Crippen molar-refractivity contribution in [3.05, 3.63) is 35.4 Å². The lowest BCUT2D eigenvalue weighted by molar-refractivity contribution is 0.410. The molecule has 0 heterocycles. The topological polar surface area (TPSA) is 62.4 Å². The van der Waals surface area contributed by atoms with Crippen molar-refractivity contribution in [2.75, 3.05) is 0 Å². The number of guanidine groups is 1. The molecule has 20 heavy (non-hydrogen) atoms. The van der Waals surface area contributed by atoms with Gasteiger partial charge in [-0.2, -0.15) is 0 Å². The second kappa shape index (κ2) is 7.19. The van der Waals surface area contributed by atoms with E-state index in [1.54, 1.807) is 0 Å². The second-order valence-electron chi connectivity index (χ2n) is 5.04. The van der Waals surface area contributed by atoms with E-state index in [9.17, 15) is 8.78 Å². The zero-order valence-corrected chi connectivity index (χ0v) is 11.3. The van der Waals surface area contributed by atoms with Crippen molar-refractivity contribution in [2.24, 2.45) is 10.8 Å². The highest BCUT2D eigenvalue weighted by atomic mass is 19.2. The molecule has 0 radical (unpaired) electrons. The van der Waals surface area contributed by atoms with Crippen molar-refractivity contribution >= 4 is 5.96 Å². The summed E-state index contributed by atoms with van der Waals surface area (Å²) in [6, 6.07) is 4.14. The quantitative estimate of drug-likeness (QED) is 0.345. The zero-order valence-electron chi connectivity index (χ0n) is 11.3. The summed E-state index contributed by atoms with van der Waals surface area (Å²) in [5, 5.41) is 3.25. The van der Waals surface area contributed by atoms with Gasteiger partial charge >= 0.3 is 0 Å². The lowest BCUT2D eigenvalue weighted by Gasteiger charge is -2.24. The summed E-state index contributed by atoms with van der Waals surface area (Å²) < 4.78 is 25.9. The molecule has 6 heteroatoms. The molecule has 1 aliphatic carbocycles. The van der Waals surface area contributed by atoms with E-state index in [2.05, 4.69) is 15.7 Å². The fourth-order valence-electron chi connectivity index (χ4n) is 2.38. The Morgan fingerprint density at radius 3 is 2.60 bits per heavy atom. The molecule has 2 rings (SSSR count). The third-order valence-electron chi connectivity index (χ3n) is 3.49. The predicted molar refractivity (Wildman–Crippen MR) is 74.8 cm³/mol. The van der Waals surface area contributed by atoms with Crippen molar-refractivity contribution in [3.8, 4) is 0 Å². The molecule has 4 nitrogen and oxygen atoms in total. The Balaban J connectivity index is 1.94. The fraction of sp³-hybridized carbons (Fsp3) is 0.500. The molecule has 1 aromatic carbocycles. The van der Waals surface area contributed by atoms with Gasteiger partial charge in [-0.3, -0.25) is 5.43 Å². The minimum absolute atomic E-state index is 0.246. The lowest BCUT2D eigenvalue weighted by Crippen LogP contribution is -2.47. The molecule has 4 N–H and O–H groups in total. The van der Waals surface area contributed by atoms with Crippen LogP contribution in [0.15, 0.2) is 23.2 Å².